The summed E-state index contributed by atoms with van der Waals surface area (Å²) in [5, 5.41) is 18.1. The zero-order valence-corrected chi connectivity index (χ0v) is 14.7. The number of aliphatic hydroxyl groups excluding tert-OH is 1. The normalized spacial score (nSPS) is 12.9. The highest BCUT2D eigenvalue weighted by Crippen LogP contribution is 2.27. The van der Waals surface area contributed by atoms with Crippen LogP contribution in [0.25, 0.3) is 0 Å². The Morgan fingerprint density at radius 1 is 1.43 bits per heavy atom. The largest absolute Gasteiger partial charge is 0.387 e. The number of aliphatic hydroxyl groups is 1. The summed E-state index contributed by atoms with van der Waals surface area (Å²) in [6, 6.07) is 2.40. The Labute approximate surface area is 137 Å². The van der Waals surface area contributed by atoms with Gasteiger partial charge in [-0.25, -0.2) is 9.18 Å². The molecule has 0 aliphatic heterocycles. The first-order chi connectivity index (χ1) is 9.64. The van der Waals surface area contributed by atoms with Gasteiger partial charge in [-0.15, -0.1) is 0 Å². The topological polar surface area (TPSA) is 73.4 Å². The van der Waals surface area contributed by atoms with Crippen LogP contribution in [-0.2, 0) is 0 Å². The van der Waals surface area contributed by atoms with Crippen LogP contribution in [0.15, 0.2) is 12.1 Å². The van der Waals surface area contributed by atoms with Crippen LogP contribution >= 0.6 is 22.6 Å². The molecule has 0 heterocycles. The van der Waals surface area contributed by atoms with E-state index in [4.69, 9.17) is 0 Å². The molecule has 0 aromatic heterocycles. The average molecular weight is 409 g/mol. The molecule has 1 unspecified atom stereocenters. The minimum absolute atomic E-state index is 0.106. The van der Waals surface area contributed by atoms with Crippen LogP contribution in [0.2, 0.25) is 0 Å². The number of rotatable bonds is 4. The van der Waals surface area contributed by atoms with Crippen molar-refractivity contribution in [1.29, 1.82) is 0 Å². The number of carbonyl (C=O) groups is 1. The van der Waals surface area contributed by atoms with Gasteiger partial charge in [0.2, 0.25) is 0 Å². The van der Waals surface area contributed by atoms with Crippen LogP contribution in [0.5, 0.6) is 0 Å². The molecule has 0 aliphatic carbocycles. The van der Waals surface area contributed by atoms with Crippen molar-refractivity contribution in [3.8, 4) is 0 Å². The first-order valence-corrected chi connectivity index (χ1v) is 7.62. The smallest absolute Gasteiger partial charge is 0.319 e. The van der Waals surface area contributed by atoms with Crippen molar-refractivity contribution < 1.29 is 14.3 Å². The second kappa shape index (κ2) is 7.37. The van der Waals surface area contributed by atoms with E-state index >= 15 is 0 Å². The number of nitrogens with one attached hydrogen (secondary N) is 3. The van der Waals surface area contributed by atoms with E-state index < -0.39 is 18.0 Å². The fraction of sp³-hybridized carbons (Fsp3) is 0.500. The number of halogens is 2. The number of carbonyl (C=O) groups excluding carboxylic acids is 1. The third-order valence-corrected chi connectivity index (χ3v) is 3.59. The summed E-state index contributed by atoms with van der Waals surface area (Å²) in [5.41, 5.74) is 0.443. The van der Waals surface area contributed by atoms with E-state index in [0.29, 0.717) is 15.7 Å². The Kier molecular flexibility index (Phi) is 6.36. The Balaban J connectivity index is 2.89. The molecule has 0 radical (unpaired) electrons. The molecule has 118 valence electrons. The molecule has 4 N–H and O–H groups in total. The van der Waals surface area contributed by atoms with E-state index in [9.17, 15) is 14.3 Å². The van der Waals surface area contributed by atoms with E-state index in [2.05, 4.69) is 16.0 Å². The quantitative estimate of drug-likeness (QED) is 0.578. The van der Waals surface area contributed by atoms with Gasteiger partial charge in [-0.2, -0.15) is 0 Å². The zero-order valence-electron chi connectivity index (χ0n) is 12.6. The highest BCUT2D eigenvalue weighted by Gasteiger charge is 2.17. The van der Waals surface area contributed by atoms with Gasteiger partial charge in [-0.3, -0.25) is 0 Å². The predicted molar refractivity (Wildman–Crippen MR) is 89.9 cm³/mol. The van der Waals surface area contributed by atoms with Crippen molar-refractivity contribution in [2.24, 2.45) is 0 Å². The van der Waals surface area contributed by atoms with Gasteiger partial charge in [0, 0.05) is 22.7 Å². The number of hydrogen-bond donors (Lipinski definition) is 4. The highest BCUT2D eigenvalue weighted by molar-refractivity contribution is 14.1. The molecular formula is C14H21FIN3O2. The van der Waals surface area contributed by atoms with E-state index in [1.54, 1.807) is 6.07 Å². The first kappa shape index (κ1) is 18.1. The van der Waals surface area contributed by atoms with Crippen LogP contribution in [-0.4, -0.2) is 30.3 Å². The Morgan fingerprint density at radius 2 is 2.05 bits per heavy atom. The third-order valence-electron chi connectivity index (χ3n) is 2.74. The van der Waals surface area contributed by atoms with Gasteiger partial charge in [0.05, 0.1) is 11.8 Å². The van der Waals surface area contributed by atoms with Crippen molar-refractivity contribution in [3.63, 3.8) is 0 Å². The van der Waals surface area contributed by atoms with Crippen molar-refractivity contribution in [3.05, 3.63) is 27.1 Å². The van der Waals surface area contributed by atoms with Crippen LogP contribution in [0, 0.1) is 9.39 Å². The fourth-order valence-electron chi connectivity index (χ4n) is 1.60. The molecule has 0 aliphatic rings. The average Bonchev–Trinajstić information content (AvgIpc) is 2.38. The monoisotopic (exact) mass is 409 g/mol. The molecule has 0 saturated carbocycles. The number of amides is 2. The lowest BCUT2D eigenvalue weighted by Gasteiger charge is -2.23. The summed E-state index contributed by atoms with van der Waals surface area (Å²) >= 11 is 1.93. The van der Waals surface area contributed by atoms with Crippen LogP contribution in [0.4, 0.5) is 14.9 Å². The minimum Gasteiger partial charge on any atom is -0.387 e. The van der Waals surface area contributed by atoms with E-state index in [-0.39, 0.29) is 11.2 Å². The van der Waals surface area contributed by atoms with Gasteiger partial charge in [0.1, 0.15) is 5.82 Å². The summed E-state index contributed by atoms with van der Waals surface area (Å²) < 4.78 is 14.6. The fourth-order valence-corrected chi connectivity index (χ4v) is 2.35. The Bertz CT molecular complexity index is 494. The zero-order chi connectivity index (χ0) is 16.2. The van der Waals surface area contributed by atoms with Gasteiger partial charge < -0.3 is 21.1 Å². The summed E-state index contributed by atoms with van der Waals surface area (Å²) in [7, 11) is 1.45. The lowest BCUT2D eigenvalue weighted by molar-refractivity contribution is 0.163. The lowest BCUT2D eigenvalue weighted by Crippen LogP contribution is -2.38. The summed E-state index contributed by atoms with van der Waals surface area (Å²) in [5.74, 6) is -0.574. The maximum absolute atomic E-state index is 14.1. The molecule has 7 heteroatoms. The van der Waals surface area contributed by atoms with Gasteiger partial charge in [-0.05, 0) is 61.1 Å². The van der Waals surface area contributed by atoms with Gasteiger partial charge >= 0.3 is 6.03 Å². The molecule has 0 bridgehead atoms. The number of β-amino-alcohol motifs (C(OH)–C–C–N with tert-alkyl or cyclic N) is 1. The summed E-state index contributed by atoms with van der Waals surface area (Å²) in [4.78, 5) is 11.3. The first-order valence-electron chi connectivity index (χ1n) is 6.55. The summed E-state index contributed by atoms with van der Waals surface area (Å²) in [6.07, 6.45) is -0.818. The number of urea groups is 1. The maximum atomic E-state index is 14.1. The Morgan fingerprint density at radius 3 is 2.52 bits per heavy atom. The molecular weight excluding hydrogens is 388 g/mol. The second-order valence-corrected chi connectivity index (χ2v) is 6.87. The van der Waals surface area contributed by atoms with Gasteiger partial charge in [0.25, 0.3) is 0 Å². The molecule has 21 heavy (non-hydrogen) atoms. The number of anilines is 1. The van der Waals surface area contributed by atoms with Gasteiger partial charge in [0.15, 0.2) is 0 Å². The standard InChI is InChI=1S/C14H21FIN3O2/c1-14(2,3)18-7-11(20)8-5-9(15)12(10(16)6-8)19-13(21)17-4/h5-6,11,18,20H,7H2,1-4H3,(H2,17,19,21). The van der Waals surface area contributed by atoms with Crippen molar-refractivity contribution in [2.75, 3.05) is 18.9 Å². The van der Waals surface area contributed by atoms with Crippen molar-refractivity contribution in [1.82, 2.24) is 10.6 Å². The van der Waals surface area contributed by atoms with E-state index in [0.717, 1.165) is 0 Å². The molecule has 1 aromatic carbocycles. The third kappa shape index (κ3) is 5.76. The number of benzene rings is 1. The van der Waals surface area contributed by atoms with E-state index in [1.165, 1.54) is 13.1 Å². The summed E-state index contributed by atoms with van der Waals surface area (Å²) in [6.45, 7) is 6.28. The molecule has 1 atom stereocenters. The van der Waals surface area contributed by atoms with Crippen LogP contribution in [0.3, 0.4) is 0 Å². The minimum atomic E-state index is -0.818. The van der Waals surface area contributed by atoms with Gasteiger partial charge in [-0.1, -0.05) is 0 Å². The maximum Gasteiger partial charge on any atom is 0.319 e. The molecule has 0 spiro atoms. The number of hydrogen-bond acceptors (Lipinski definition) is 3. The lowest BCUT2D eigenvalue weighted by atomic mass is 10.1. The Hall–Kier alpha value is -0.930. The van der Waals surface area contributed by atoms with Crippen LogP contribution in [0.1, 0.15) is 32.4 Å². The SMILES string of the molecule is CNC(=O)Nc1c(F)cc(C(O)CNC(C)(C)C)cc1I. The highest BCUT2D eigenvalue weighted by atomic mass is 127. The van der Waals surface area contributed by atoms with Crippen molar-refractivity contribution >= 4 is 34.3 Å². The predicted octanol–water partition coefficient (Wildman–Crippen LogP) is 2.60. The van der Waals surface area contributed by atoms with E-state index in [1.807, 2.05) is 43.4 Å². The van der Waals surface area contributed by atoms with Crippen molar-refractivity contribution in [2.45, 2.75) is 32.4 Å². The second-order valence-electron chi connectivity index (χ2n) is 5.71. The molecule has 0 fully saturated rings. The molecule has 5 nitrogen and oxygen atoms in total. The molecule has 2 amide bonds. The molecule has 1 rings (SSSR count). The van der Waals surface area contributed by atoms with Crippen LogP contribution < -0.4 is 16.0 Å². The molecule has 0 saturated heterocycles. The molecule has 1 aromatic rings.